The van der Waals surface area contributed by atoms with E-state index in [9.17, 15) is 23.2 Å². The van der Waals surface area contributed by atoms with E-state index < -0.39 is 29.4 Å². The molecule has 1 aromatic heterocycles. The van der Waals surface area contributed by atoms with Crippen molar-refractivity contribution in [3.63, 3.8) is 0 Å². The fraction of sp³-hybridized carbons (Fsp3) is 0.0952. The largest absolute Gasteiger partial charge is 0.300 e. The van der Waals surface area contributed by atoms with Crippen LogP contribution in [0.2, 0.25) is 0 Å². The normalized spacial score (nSPS) is 13.0. The molecule has 2 aromatic carbocycles. The molecule has 4 rings (SSSR count). The van der Waals surface area contributed by atoms with E-state index in [-0.39, 0.29) is 28.9 Å². The van der Waals surface area contributed by atoms with Gasteiger partial charge in [0.1, 0.15) is 11.6 Å². The minimum absolute atomic E-state index is 0.0723. The first-order valence-corrected chi connectivity index (χ1v) is 9.50. The van der Waals surface area contributed by atoms with E-state index in [0.717, 1.165) is 15.8 Å². The average Bonchev–Trinajstić information content (AvgIpc) is 3.29. The topological polar surface area (TPSA) is 57.7 Å². The molecule has 0 N–H and O–H groups in total. The summed E-state index contributed by atoms with van der Waals surface area (Å²) >= 11 is 1.39. The number of imide groups is 1. The molecule has 8 heteroatoms. The van der Waals surface area contributed by atoms with E-state index in [2.05, 4.69) is 0 Å². The molecule has 0 unspecified atom stereocenters. The van der Waals surface area contributed by atoms with Gasteiger partial charge in [-0.2, -0.15) is 0 Å². The van der Waals surface area contributed by atoms with Crippen LogP contribution < -0.4 is 4.90 Å². The van der Waals surface area contributed by atoms with Crippen molar-refractivity contribution < 1.29 is 23.2 Å². The monoisotopic (exact) mass is 412 g/mol. The molecule has 0 bridgehead atoms. The third-order valence-corrected chi connectivity index (χ3v) is 5.54. The van der Waals surface area contributed by atoms with E-state index in [1.54, 1.807) is 12.1 Å². The van der Waals surface area contributed by atoms with E-state index in [4.69, 9.17) is 0 Å². The third kappa shape index (κ3) is 3.31. The van der Waals surface area contributed by atoms with E-state index >= 15 is 0 Å². The van der Waals surface area contributed by atoms with Crippen LogP contribution in [0, 0.1) is 11.6 Å². The van der Waals surface area contributed by atoms with Gasteiger partial charge in [-0.25, -0.2) is 8.78 Å². The summed E-state index contributed by atoms with van der Waals surface area (Å²) in [7, 11) is 1.36. The first-order valence-electron chi connectivity index (χ1n) is 8.62. The molecule has 2 heterocycles. The Labute approximate surface area is 168 Å². The van der Waals surface area contributed by atoms with Crippen LogP contribution in [0.5, 0.6) is 0 Å². The zero-order valence-corrected chi connectivity index (χ0v) is 16.0. The van der Waals surface area contributed by atoms with Crippen molar-refractivity contribution in [3.05, 3.63) is 87.1 Å². The Morgan fingerprint density at radius 3 is 2.48 bits per heavy atom. The molecule has 0 aliphatic carbocycles. The number of carbonyl (C=O) groups is 3. The molecule has 1 aliphatic rings. The van der Waals surface area contributed by atoms with Crippen LogP contribution in [0.15, 0.2) is 53.9 Å². The highest BCUT2D eigenvalue weighted by Gasteiger charge is 2.34. The molecule has 0 fully saturated rings. The predicted octanol–water partition coefficient (Wildman–Crippen LogP) is 4.10. The van der Waals surface area contributed by atoms with Crippen molar-refractivity contribution in [1.29, 1.82) is 0 Å². The quantitative estimate of drug-likeness (QED) is 0.607. The molecule has 0 atom stereocenters. The van der Waals surface area contributed by atoms with Gasteiger partial charge in [-0.15, -0.1) is 11.3 Å². The Balaban J connectivity index is 1.76. The first-order chi connectivity index (χ1) is 13.9. The molecular formula is C21H14F2N2O3S. The molecule has 0 spiro atoms. The van der Waals surface area contributed by atoms with Crippen LogP contribution in [-0.4, -0.2) is 29.7 Å². The summed E-state index contributed by atoms with van der Waals surface area (Å²) in [5.74, 6) is -3.13. The maximum Gasteiger partial charge on any atom is 0.261 e. The summed E-state index contributed by atoms with van der Waals surface area (Å²) in [6.07, 6.45) is 0. The van der Waals surface area contributed by atoms with Gasteiger partial charge in [-0.05, 0) is 41.8 Å². The summed E-state index contributed by atoms with van der Waals surface area (Å²) in [6.45, 7) is 0.0723. The summed E-state index contributed by atoms with van der Waals surface area (Å²) in [6, 6.07) is 10.8. The number of benzene rings is 2. The van der Waals surface area contributed by atoms with Gasteiger partial charge in [0.25, 0.3) is 17.7 Å². The van der Waals surface area contributed by atoms with Gasteiger partial charge in [0, 0.05) is 23.6 Å². The second kappa shape index (κ2) is 7.21. The molecule has 5 nitrogen and oxygen atoms in total. The number of hydrogen-bond donors (Lipinski definition) is 0. The van der Waals surface area contributed by atoms with Crippen LogP contribution in [-0.2, 0) is 6.54 Å². The lowest BCUT2D eigenvalue weighted by Crippen LogP contribution is -2.31. The summed E-state index contributed by atoms with van der Waals surface area (Å²) < 4.78 is 27.8. The van der Waals surface area contributed by atoms with Crippen LogP contribution in [0.1, 0.15) is 36.0 Å². The average molecular weight is 412 g/mol. The number of carbonyl (C=O) groups excluding carboxylic acids is 3. The van der Waals surface area contributed by atoms with Crippen LogP contribution in [0.25, 0.3) is 0 Å². The SMILES string of the molecule is CN1C(=O)c2ccc(C(=O)N(Cc3cccs3)c3ccc(F)cc3F)cc2C1=O. The van der Waals surface area contributed by atoms with E-state index in [0.29, 0.717) is 6.07 Å². The lowest BCUT2D eigenvalue weighted by molar-refractivity contribution is 0.0693. The van der Waals surface area contributed by atoms with E-state index in [1.165, 1.54) is 47.5 Å². The Kier molecular flexibility index (Phi) is 4.71. The summed E-state index contributed by atoms with van der Waals surface area (Å²) in [5, 5.41) is 1.83. The van der Waals surface area contributed by atoms with Gasteiger partial charge < -0.3 is 4.90 Å². The lowest BCUT2D eigenvalue weighted by atomic mass is 10.0. The van der Waals surface area contributed by atoms with Crippen molar-refractivity contribution in [2.75, 3.05) is 11.9 Å². The van der Waals surface area contributed by atoms with Gasteiger partial charge in [0.15, 0.2) is 0 Å². The maximum atomic E-state index is 14.5. The molecular weight excluding hydrogens is 398 g/mol. The van der Waals surface area contributed by atoms with Crippen molar-refractivity contribution in [2.24, 2.45) is 0 Å². The fourth-order valence-corrected chi connectivity index (χ4v) is 3.87. The lowest BCUT2D eigenvalue weighted by Gasteiger charge is -2.23. The smallest absolute Gasteiger partial charge is 0.261 e. The van der Waals surface area contributed by atoms with Crippen molar-refractivity contribution in [1.82, 2.24) is 4.90 Å². The number of thiophene rings is 1. The summed E-state index contributed by atoms with van der Waals surface area (Å²) in [5.41, 5.74) is 0.385. The highest BCUT2D eigenvalue weighted by molar-refractivity contribution is 7.09. The zero-order chi connectivity index (χ0) is 20.7. The molecule has 0 radical (unpaired) electrons. The molecule has 1 aliphatic heterocycles. The van der Waals surface area contributed by atoms with Crippen molar-refractivity contribution in [2.45, 2.75) is 6.54 Å². The molecule has 146 valence electrons. The van der Waals surface area contributed by atoms with Gasteiger partial charge in [0.05, 0.1) is 23.4 Å². The van der Waals surface area contributed by atoms with Crippen LogP contribution in [0.3, 0.4) is 0 Å². The Morgan fingerprint density at radius 1 is 1.03 bits per heavy atom. The molecule has 0 saturated carbocycles. The second-order valence-corrected chi connectivity index (χ2v) is 7.53. The van der Waals surface area contributed by atoms with Gasteiger partial charge in [0.2, 0.25) is 0 Å². The number of anilines is 1. The number of amides is 3. The van der Waals surface area contributed by atoms with Gasteiger partial charge in [-0.1, -0.05) is 6.07 Å². The highest BCUT2D eigenvalue weighted by atomic mass is 32.1. The van der Waals surface area contributed by atoms with Gasteiger partial charge >= 0.3 is 0 Å². The molecule has 3 aromatic rings. The van der Waals surface area contributed by atoms with Gasteiger partial charge in [-0.3, -0.25) is 19.3 Å². The van der Waals surface area contributed by atoms with Crippen LogP contribution >= 0.6 is 11.3 Å². The van der Waals surface area contributed by atoms with E-state index in [1.807, 2.05) is 5.38 Å². The Bertz CT molecular complexity index is 1140. The number of hydrogen-bond acceptors (Lipinski definition) is 4. The zero-order valence-electron chi connectivity index (χ0n) is 15.2. The minimum Gasteiger partial charge on any atom is -0.300 e. The number of nitrogens with zero attached hydrogens (tertiary/aromatic N) is 2. The number of halogens is 2. The number of rotatable bonds is 4. The summed E-state index contributed by atoms with van der Waals surface area (Å²) in [4.78, 5) is 40.5. The molecule has 0 saturated heterocycles. The fourth-order valence-electron chi connectivity index (χ4n) is 3.18. The highest BCUT2D eigenvalue weighted by Crippen LogP contribution is 2.28. The van der Waals surface area contributed by atoms with Crippen LogP contribution in [0.4, 0.5) is 14.5 Å². The Morgan fingerprint density at radius 2 is 1.79 bits per heavy atom. The van der Waals surface area contributed by atoms with Crippen molar-refractivity contribution >= 4 is 34.7 Å². The maximum absolute atomic E-state index is 14.5. The standard InChI is InChI=1S/C21H14F2N2O3S/c1-24-20(27)15-6-4-12(9-16(15)21(24)28)19(26)25(11-14-3-2-8-29-14)18-7-5-13(22)10-17(18)23/h2-10H,11H2,1H3. The third-order valence-electron chi connectivity index (χ3n) is 4.68. The Hall–Kier alpha value is -3.39. The molecule has 29 heavy (non-hydrogen) atoms. The first kappa shape index (κ1) is 18.9. The molecule has 3 amide bonds. The van der Waals surface area contributed by atoms with Crippen molar-refractivity contribution in [3.8, 4) is 0 Å². The predicted molar refractivity (Wildman–Crippen MR) is 104 cm³/mol. The minimum atomic E-state index is -0.873. The number of fused-ring (bicyclic) bond motifs is 1. The second-order valence-electron chi connectivity index (χ2n) is 6.50.